The van der Waals surface area contributed by atoms with Crippen LogP contribution in [0.15, 0.2) is 0 Å². The van der Waals surface area contributed by atoms with Crippen LogP contribution < -0.4 is 5.32 Å². The van der Waals surface area contributed by atoms with E-state index in [1.54, 1.807) is 18.4 Å². The average molecular weight is 271 g/mol. The summed E-state index contributed by atoms with van der Waals surface area (Å²) in [5.74, 6) is 1.72. The zero-order valence-corrected chi connectivity index (χ0v) is 12.9. The van der Waals surface area contributed by atoms with Gasteiger partial charge in [0.15, 0.2) is 0 Å². The SMILES string of the molecule is COCCNCc1nnc(C(C(C)C)C(C)C)s1. The van der Waals surface area contributed by atoms with Gasteiger partial charge in [-0.1, -0.05) is 39.0 Å². The minimum absolute atomic E-state index is 0.509. The molecule has 5 heteroatoms. The Hall–Kier alpha value is -0.520. The molecule has 0 bridgehead atoms. The summed E-state index contributed by atoms with van der Waals surface area (Å²) in [5.41, 5.74) is 0. The zero-order valence-electron chi connectivity index (χ0n) is 12.1. The van der Waals surface area contributed by atoms with Gasteiger partial charge in [-0.3, -0.25) is 0 Å². The van der Waals surface area contributed by atoms with Gasteiger partial charge >= 0.3 is 0 Å². The molecule has 1 rings (SSSR count). The number of nitrogens with one attached hydrogen (secondary N) is 1. The van der Waals surface area contributed by atoms with Gasteiger partial charge < -0.3 is 10.1 Å². The van der Waals surface area contributed by atoms with Crippen LogP contribution in [0.4, 0.5) is 0 Å². The zero-order chi connectivity index (χ0) is 13.5. The molecule has 18 heavy (non-hydrogen) atoms. The Balaban J connectivity index is 2.55. The monoisotopic (exact) mass is 271 g/mol. The second kappa shape index (κ2) is 7.81. The quantitative estimate of drug-likeness (QED) is 0.738. The van der Waals surface area contributed by atoms with Crippen molar-refractivity contribution in [3.63, 3.8) is 0 Å². The van der Waals surface area contributed by atoms with Gasteiger partial charge in [0.05, 0.1) is 6.61 Å². The normalized spacial score (nSPS) is 12.0. The Labute approximate surface area is 114 Å². The molecule has 0 aromatic carbocycles. The Bertz CT molecular complexity index is 331. The van der Waals surface area contributed by atoms with E-state index in [-0.39, 0.29) is 0 Å². The smallest absolute Gasteiger partial charge is 0.131 e. The van der Waals surface area contributed by atoms with Crippen molar-refractivity contribution < 1.29 is 4.74 Å². The number of hydrogen-bond acceptors (Lipinski definition) is 5. The highest BCUT2D eigenvalue weighted by Crippen LogP contribution is 2.33. The van der Waals surface area contributed by atoms with Crippen molar-refractivity contribution in [2.45, 2.75) is 40.2 Å². The molecule has 4 nitrogen and oxygen atoms in total. The van der Waals surface area contributed by atoms with E-state index in [1.807, 2.05) is 0 Å². The van der Waals surface area contributed by atoms with E-state index in [2.05, 4.69) is 43.2 Å². The predicted octanol–water partition coefficient (Wildman–Crippen LogP) is 2.67. The van der Waals surface area contributed by atoms with Crippen LogP contribution in [0.25, 0.3) is 0 Å². The highest BCUT2D eigenvalue weighted by atomic mass is 32.1. The maximum atomic E-state index is 4.99. The van der Waals surface area contributed by atoms with Gasteiger partial charge in [-0.15, -0.1) is 10.2 Å². The number of hydrogen-bond donors (Lipinski definition) is 1. The third-order valence-electron chi connectivity index (χ3n) is 2.96. The minimum atomic E-state index is 0.509. The topological polar surface area (TPSA) is 47.0 Å². The molecule has 0 aliphatic carbocycles. The molecule has 0 fully saturated rings. The third kappa shape index (κ3) is 4.63. The maximum absolute atomic E-state index is 4.99. The van der Waals surface area contributed by atoms with Crippen LogP contribution in [0.2, 0.25) is 0 Å². The first kappa shape index (κ1) is 15.5. The summed E-state index contributed by atoms with van der Waals surface area (Å²) < 4.78 is 4.99. The average Bonchev–Trinajstić information content (AvgIpc) is 2.72. The third-order valence-corrected chi connectivity index (χ3v) is 3.99. The minimum Gasteiger partial charge on any atom is -0.383 e. The molecule has 1 aromatic heterocycles. The van der Waals surface area contributed by atoms with Crippen molar-refractivity contribution in [3.8, 4) is 0 Å². The van der Waals surface area contributed by atoms with E-state index in [0.29, 0.717) is 17.8 Å². The number of rotatable bonds is 8. The molecule has 0 radical (unpaired) electrons. The highest BCUT2D eigenvalue weighted by Gasteiger charge is 2.23. The molecule has 0 spiro atoms. The van der Waals surface area contributed by atoms with Crippen molar-refractivity contribution in [1.29, 1.82) is 0 Å². The van der Waals surface area contributed by atoms with E-state index >= 15 is 0 Å². The standard InChI is InChI=1S/C13H25N3OS/c1-9(2)12(10(3)4)13-16-15-11(18-13)8-14-6-7-17-5/h9-10,12,14H,6-8H2,1-5H3. The Morgan fingerprint density at radius 2 is 1.83 bits per heavy atom. The van der Waals surface area contributed by atoms with Crippen LogP contribution in [-0.4, -0.2) is 30.5 Å². The van der Waals surface area contributed by atoms with E-state index in [0.717, 1.165) is 24.7 Å². The van der Waals surface area contributed by atoms with Gasteiger partial charge in [-0.05, 0) is 11.8 Å². The van der Waals surface area contributed by atoms with Crippen LogP contribution in [0.1, 0.15) is 43.6 Å². The summed E-state index contributed by atoms with van der Waals surface area (Å²) in [5, 5.41) is 14.1. The first-order valence-corrected chi connectivity index (χ1v) is 7.39. The maximum Gasteiger partial charge on any atom is 0.131 e. The second-order valence-electron chi connectivity index (χ2n) is 5.22. The largest absolute Gasteiger partial charge is 0.383 e. The van der Waals surface area contributed by atoms with Crippen LogP contribution in [0.3, 0.4) is 0 Å². The molecule has 1 N–H and O–H groups in total. The summed E-state index contributed by atoms with van der Waals surface area (Å²) in [6, 6.07) is 0. The van der Waals surface area contributed by atoms with Crippen LogP contribution in [-0.2, 0) is 11.3 Å². The lowest BCUT2D eigenvalue weighted by Crippen LogP contribution is -2.18. The number of nitrogens with zero attached hydrogens (tertiary/aromatic N) is 2. The molecule has 104 valence electrons. The van der Waals surface area contributed by atoms with Gasteiger partial charge in [-0.2, -0.15) is 0 Å². The lowest BCUT2D eigenvalue weighted by molar-refractivity contribution is 0.199. The fourth-order valence-corrected chi connectivity index (χ4v) is 3.44. The highest BCUT2D eigenvalue weighted by molar-refractivity contribution is 7.11. The second-order valence-corrected chi connectivity index (χ2v) is 6.31. The molecule has 0 atom stereocenters. The van der Waals surface area contributed by atoms with Gasteiger partial charge in [0, 0.05) is 26.1 Å². The Morgan fingerprint density at radius 1 is 1.17 bits per heavy atom. The summed E-state index contributed by atoms with van der Waals surface area (Å²) in [7, 11) is 1.71. The fourth-order valence-electron chi connectivity index (χ4n) is 2.18. The van der Waals surface area contributed by atoms with Crippen LogP contribution in [0, 0.1) is 11.8 Å². The molecular weight excluding hydrogens is 246 g/mol. The molecular formula is C13H25N3OS. The Kier molecular flexibility index (Phi) is 6.75. The summed E-state index contributed by atoms with van der Waals surface area (Å²) in [6.07, 6.45) is 0. The molecule has 0 amide bonds. The van der Waals surface area contributed by atoms with Crippen molar-refractivity contribution >= 4 is 11.3 Å². The first-order valence-electron chi connectivity index (χ1n) is 6.58. The molecule has 1 aromatic rings. The van der Waals surface area contributed by atoms with E-state index in [9.17, 15) is 0 Å². The summed E-state index contributed by atoms with van der Waals surface area (Å²) >= 11 is 1.73. The molecule has 0 saturated heterocycles. The van der Waals surface area contributed by atoms with Gasteiger partial charge in [0.1, 0.15) is 10.0 Å². The van der Waals surface area contributed by atoms with Crippen LogP contribution >= 0.6 is 11.3 Å². The lowest BCUT2D eigenvalue weighted by Gasteiger charge is -2.21. The van der Waals surface area contributed by atoms with Crippen molar-refractivity contribution in [1.82, 2.24) is 15.5 Å². The molecule has 0 aliphatic rings. The van der Waals surface area contributed by atoms with E-state index < -0.39 is 0 Å². The van der Waals surface area contributed by atoms with E-state index in [4.69, 9.17) is 4.74 Å². The fraction of sp³-hybridized carbons (Fsp3) is 0.846. The predicted molar refractivity (Wildman–Crippen MR) is 75.9 cm³/mol. The number of methoxy groups -OCH3 is 1. The summed E-state index contributed by atoms with van der Waals surface area (Å²) in [4.78, 5) is 0. The first-order chi connectivity index (χ1) is 8.56. The van der Waals surface area contributed by atoms with Gasteiger partial charge in [0.25, 0.3) is 0 Å². The molecule has 1 heterocycles. The van der Waals surface area contributed by atoms with Crippen LogP contribution in [0.5, 0.6) is 0 Å². The summed E-state index contributed by atoms with van der Waals surface area (Å²) in [6.45, 7) is 11.4. The Morgan fingerprint density at radius 3 is 2.39 bits per heavy atom. The van der Waals surface area contributed by atoms with Gasteiger partial charge in [0.2, 0.25) is 0 Å². The van der Waals surface area contributed by atoms with Crippen molar-refractivity contribution in [2.75, 3.05) is 20.3 Å². The number of ether oxygens (including phenoxy) is 1. The van der Waals surface area contributed by atoms with Crippen molar-refractivity contribution in [3.05, 3.63) is 10.0 Å². The number of aromatic nitrogens is 2. The van der Waals surface area contributed by atoms with Crippen molar-refractivity contribution in [2.24, 2.45) is 11.8 Å². The lowest BCUT2D eigenvalue weighted by atomic mass is 9.86. The van der Waals surface area contributed by atoms with Gasteiger partial charge in [-0.25, -0.2) is 0 Å². The molecule has 0 saturated carbocycles. The van der Waals surface area contributed by atoms with E-state index in [1.165, 1.54) is 5.01 Å². The molecule has 0 unspecified atom stereocenters. The molecule has 0 aliphatic heterocycles.